The van der Waals surface area contributed by atoms with Gasteiger partial charge < -0.3 is 15.0 Å². The Morgan fingerprint density at radius 1 is 1.11 bits per heavy atom. The van der Waals surface area contributed by atoms with E-state index in [1.165, 1.54) is 4.31 Å². The fourth-order valence-corrected chi connectivity index (χ4v) is 4.66. The molecule has 9 heteroatoms. The molecule has 1 N–H and O–H groups in total. The highest BCUT2D eigenvalue weighted by Gasteiger charge is 2.31. The normalized spacial score (nSPS) is 19.4. The summed E-state index contributed by atoms with van der Waals surface area (Å²) in [7, 11) is -3.22. The van der Waals surface area contributed by atoms with Crippen LogP contribution in [0.15, 0.2) is 24.3 Å². The van der Waals surface area contributed by atoms with Crippen LogP contribution in [0.25, 0.3) is 0 Å². The lowest BCUT2D eigenvalue weighted by Gasteiger charge is -2.30. The largest absolute Gasteiger partial charge is 0.378 e. The van der Waals surface area contributed by atoms with Crippen LogP contribution in [0.1, 0.15) is 30.1 Å². The highest BCUT2D eigenvalue weighted by Crippen LogP contribution is 2.24. The third-order valence-electron chi connectivity index (χ3n) is 5.30. The van der Waals surface area contributed by atoms with Crippen molar-refractivity contribution in [1.29, 1.82) is 0 Å². The minimum Gasteiger partial charge on any atom is -0.378 e. The van der Waals surface area contributed by atoms with E-state index in [4.69, 9.17) is 4.74 Å². The molecule has 28 heavy (non-hydrogen) atoms. The van der Waals surface area contributed by atoms with Crippen molar-refractivity contribution in [2.75, 3.05) is 50.5 Å². The van der Waals surface area contributed by atoms with E-state index in [1.54, 1.807) is 36.1 Å². The van der Waals surface area contributed by atoms with Gasteiger partial charge >= 0.3 is 0 Å². The van der Waals surface area contributed by atoms with Crippen LogP contribution < -0.4 is 5.32 Å². The Kier molecular flexibility index (Phi) is 6.69. The molecule has 154 valence electrons. The Hall–Kier alpha value is -1.97. The highest BCUT2D eigenvalue weighted by molar-refractivity contribution is 7.89. The second-order valence-electron chi connectivity index (χ2n) is 7.01. The van der Waals surface area contributed by atoms with E-state index < -0.39 is 10.0 Å². The van der Waals surface area contributed by atoms with Crippen molar-refractivity contribution in [2.45, 2.75) is 19.8 Å². The molecule has 0 spiro atoms. The van der Waals surface area contributed by atoms with Gasteiger partial charge in [-0.2, -0.15) is 0 Å². The van der Waals surface area contributed by atoms with Gasteiger partial charge in [-0.05, 0) is 31.9 Å². The Morgan fingerprint density at radius 3 is 2.39 bits per heavy atom. The van der Waals surface area contributed by atoms with Gasteiger partial charge in [0.15, 0.2) is 0 Å². The van der Waals surface area contributed by atoms with Gasteiger partial charge in [0.1, 0.15) is 0 Å². The second kappa shape index (κ2) is 9.02. The summed E-state index contributed by atoms with van der Waals surface area (Å²) in [5, 5.41) is 2.88. The third kappa shape index (κ3) is 4.71. The van der Waals surface area contributed by atoms with Crippen LogP contribution in [0, 0.1) is 5.92 Å². The predicted molar refractivity (Wildman–Crippen MR) is 106 cm³/mol. The van der Waals surface area contributed by atoms with Crippen LogP contribution >= 0.6 is 0 Å². The summed E-state index contributed by atoms with van der Waals surface area (Å²) in [4.78, 5) is 27.3. The van der Waals surface area contributed by atoms with E-state index in [0.717, 1.165) is 0 Å². The van der Waals surface area contributed by atoms with Crippen molar-refractivity contribution in [2.24, 2.45) is 5.92 Å². The molecule has 0 radical (unpaired) electrons. The molecule has 8 nitrogen and oxygen atoms in total. The van der Waals surface area contributed by atoms with E-state index in [2.05, 4.69) is 5.32 Å². The van der Waals surface area contributed by atoms with Gasteiger partial charge in [0.2, 0.25) is 15.9 Å². The number of hydrogen-bond donors (Lipinski definition) is 1. The first-order valence-corrected chi connectivity index (χ1v) is 11.3. The number of anilines is 1. The van der Waals surface area contributed by atoms with Gasteiger partial charge in [-0.15, -0.1) is 0 Å². The zero-order chi connectivity index (χ0) is 20.1. The van der Waals surface area contributed by atoms with Crippen LogP contribution in [-0.4, -0.2) is 74.6 Å². The van der Waals surface area contributed by atoms with Crippen molar-refractivity contribution in [3.63, 3.8) is 0 Å². The van der Waals surface area contributed by atoms with Gasteiger partial charge in [-0.1, -0.05) is 12.1 Å². The quantitative estimate of drug-likeness (QED) is 0.787. The molecule has 0 unspecified atom stereocenters. The molecule has 2 saturated heterocycles. The number of benzene rings is 1. The van der Waals surface area contributed by atoms with E-state index in [-0.39, 0.29) is 23.5 Å². The Balaban J connectivity index is 1.64. The second-order valence-corrected chi connectivity index (χ2v) is 9.27. The topological polar surface area (TPSA) is 96.0 Å². The van der Waals surface area contributed by atoms with Crippen molar-refractivity contribution in [1.82, 2.24) is 9.21 Å². The van der Waals surface area contributed by atoms with Crippen molar-refractivity contribution < 1.29 is 22.7 Å². The van der Waals surface area contributed by atoms with Crippen molar-refractivity contribution in [3.8, 4) is 0 Å². The SMILES string of the molecule is CCS(=O)(=O)N1CCC(C(=O)Nc2ccccc2C(=O)N2CCOCC2)CC1. The van der Waals surface area contributed by atoms with Gasteiger partial charge in [0.05, 0.1) is 30.2 Å². The summed E-state index contributed by atoms with van der Waals surface area (Å²) in [5.41, 5.74) is 0.955. The molecule has 0 aliphatic carbocycles. The van der Waals surface area contributed by atoms with Gasteiger partial charge in [0, 0.05) is 32.1 Å². The standard InChI is InChI=1S/C19H27N3O5S/c1-2-28(25,26)22-9-7-15(8-10-22)18(23)20-17-6-4-3-5-16(17)19(24)21-11-13-27-14-12-21/h3-6,15H,2,7-14H2,1H3,(H,20,23). The molecular formula is C19H27N3O5S. The number of hydrogen-bond acceptors (Lipinski definition) is 5. The zero-order valence-electron chi connectivity index (χ0n) is 16.1. The number of morpholine rings is 1. The lowest BCUT2D eigenvalue weighted by molar-refractivity contribution is -0.120. The Labute approximate surface area is 165 Å². The summed E-state index contributed by atoms with van der Waals surface area (Å²) in [5.74, 6) is -0.491. The molecule has 1 aromatic rings. The minimum absolute atomic E-state index is 0.0703. The number of rotatable bonds is 5. The molecule has 2 amide bonds. The molecule has 0 aromatic heterocycles. The Bertz CT molecular complexity index is 813. The van der Waals surface area contributed by atoms with Crippen LogP contribution in [-0.2, 0) is 19.6 Å². The average Bonchev–Trinajstić information content (AvgIpc) is 2.74. The first-order valence-electron chi connectivity index (χ1n) is 9.67. The molecule has 0 saturated carbocycles. The number of nitrogens with zero attached hydrogens (tertiary/aromatic N) is 2. The molecule has 1 aromatic carbocycles. The lowest BCUT2D eigenvalue weighted by atomic mass is 9.97. The number of nitrogens with one attached hydrogen (secondary N) is 1. The lowest BCUT2D eigenvalue weighted by Crippen LogP contribution is -2.42. The number of amides is 2. The summed E-state index contributed by atoms with van der Waals surface area (Å²) in [6, 6.07) is 6.99. The maximum atomic E-state index is 12.8. The number of piperidine rings is 1. The zero-order valence-corrected chi connectivity index (χ0v) is 16.9. The first kappa shape index (κ1) is 20.8. The summed E-state index contributed by atoms with van der Waals surface area (Å²) >= 11 is 0. The maximum Gasteiger partial charge on any atom is 0.256 e. The maximum absolute atomic E-state index is 12.8. The van der Waals surface area contributed by atoms with Gasteiger partial charge in [0.25, 0.3) is 5.91 Å². The molecule has 0 bridgehead atoms. The smallest absolute Gasteiger partial charge is 0.256 e. The predicted octanol–water partition coefficient (Wildman–Crippen LogP) is 1.16. The average molecular weight is 410 g/mol. The number of ether oxygens (including phenoxy) is 1. The van der Waals surface area contributed by atoms with Gasteiger partial charge in [-0.3, -0.25) is 9.59 Å². The van der Waals surface area contributed by atoms with E-state index >= 15 is 0 Å². The van der Waals surface area contributed by atoms with E-state index in [1.807, 2.05) is 0 Å². The first-order chi connectivity index (χ1) is 13.4. The van der Waals surface area contributed by atoms with Crippen molar-refractivity contribution >= 4 is 27.5 Å². The molecule has 2 aliphatic rings. The Morgan fingerprint density at radius 2 is 1.75 bits per heavy atom. The molecule has 2 aliphatic heterocycles. The van der Waals surface area contributed by atoms with E-state index in [0.29, 0.717) is 63.5 Å². The molecule has 2 fully saturated rings. The summed E-state index contributed by atoms with van der Waals surface area (Å²) in [6.45, 7) is 4.41. The van der Waals surface area contributed by atoms with Crippen LogP contribution in [0.3, 0.4) is 0 Å². The third-order valence-corrected chi connectivity index (χ3v) is 7.18. The monoisotopic (exact) mass is 409 g/mol. The van der Waals surface area contributed by atoms with Gasteiger partial charge in [-0.25, -0.2) is 12.7 Å². The van der Waals surface area contributed by atoms with E-state index in [9.17, 15) is 18.0 Å². The highest BCUT2D eigenvalue weighted by atomic mass is 32.2. The minimum atomic E-state index is -3.22. The van der Waals surface area contributed by atoms with Crippen LogP contribution in [0.2, 0.25) is 0 Å². The summed E-state index contributed by atoms with van der Waals surface area (Å²) < 4.78 is 30.7. The van der Waals surface area contributed by atoms with Crippen molar-refractivity contribution in [3.05, 3.63) is 29.8 Å². The van der Waals surface area contributed by atoms with Crippen LogP contribution in [0.4, 0.5) is 5.69 Å². The summed E-state index contributed by atoms with van der Waals surface area (Å²) in [6.07, 6.45) is 0.954. The fraction of sp³-hybridized carbons (Fsp3) is 0.579. The molecule has 3 rings (SSSR count). The van der Waals surface area contributed by atoms with Crippen LogP contribution in [0.5, 0.6) is 0 Å². The molecule has 0 atom stereocenters. The molecule has 2 heterocycles. The molecular weight excluding hydrogens is 382 g/mol. The number of carbonyl (C=O) groups is 2. The number of para-hydroxylation sites is 1. The number of sulfonamides is 1. The fourth-order valence-electron chi connectivity index (χ4n) is 3.53. The number of carbonyl (C=O) groups excluding carboxylic acids is 2.